The van der Waals surface area contributed by atoms with Gasteiger partial charge in [-0.2, -0.15) is 5.10 Å². The number of aryl methyl sites for hydroxylation is 1. The van der Waals surface area contributed by atoms with Gasteiger partial charge in [0, 0.05) is 35.0 Å². The van der Waals surface area contributed by atoms with E-state index in [1.165, 1.54) is 5.56 Å². The minimum atomic E-state index is -0.163. The normalized spacial score (nSPS) is 12.7. The maximum atomic E-state index is 13.0. The van der Waals surface area contributed by atoms with E-state index in [1.807, 2.05) is 39.7 Å². The Kier molecular flexibility index (Phi) is 4.24. The molecule has 1 aliphatic rings. The fourth-order valence-corrected chi connectivity index (χ4v) is 3.84. The molecule has 0 unspecified atom stereocenters. The molecule has 0 radical (unpaired) electrons. The molecule has 0 aliphatic heterocycles. The molecule has 1 N–H and O–H groups in total. The lowest BCUT2D eigenvalue weighted by atomic mass is 10.2. The lowest BCUT2D eigenvalue weighted by Gasteiger charge is -2.07. The second kappa shape index (κ2) is 7.05. The van der Waals surface area contributed by atoms with Crippen LogP contribution in [0.2, 0.25) is 0 Å². The number of hydrogen-bond acceptors (Lipinski definition) is 3. The number of imidazole rings is 1. The van der Waals surface area contributed by atoms with Crippen molar-refractivity contribution in [2.75, 3.05) is 5.32 Å². The third-order valence-corrected chi connectivity index (χ3v) is 5.35. The zero-order valence-corrected chi connectivity index (χ0v) is 16.2. The molecule has 6 nitrogen and oxygen atoms in total. The van der Waals surface area contributed by atoms with Crippen molar-refractivity contribution in [3.63, 3.8) is 0 Å². The molecular formula is C23H21N5O. The summed E-state index contributed by atoms with van der Waals surface area (Å²) in [7, 11) is 0. The van der Waals surface area contributed by atoms with Gasteiger partial charge >= 0.3 is 0 Å². The summed E-state index contributed by atoms with van der Waals surface area (Å²) in [5, 5.41) is 7.67. The zero-order chi connectivity index (χ0) is 19.8. The molecule has 0 saturated carbocycles. The predicted octanol–water partition coefficient (Wildman–Crippen LogP) is 4.11. The average Bonchev–Trinajstić information content (AvgIpc) is 3.47. The van der Waals surface area contributed by atoms with Crippen molar-refractivity contribution in [1.82, 2.24) is 19.3 Å². The molecule has 1 amide bonds. The van der Waals surface area contributed by atoms with Crippen molar-refractivity contribution in [3.8, 4) is 11.4 Å². The Bertz CT molecular complexity index is 1160. The van der Waals surface area contributed by atoms with Crippen molar-refractivity contribution in [1.29, 1.82) is 0 Å². The van der Waals surface area contributed by atoms with Crippen LogP contribution in [0.1, 0.15) is 33.7 Å². The second-order valence-electron chi connectivity index (χ2n) is 7.35. The van der Waals surface area contributed by atoms with Crippen LogP contribution >= 0.6 is 0 Å². The number of fused-ring (bicyclic) bond motifs is 1. The highest BCUT2D eigenvalue weighted by molar-refractivity contribution is 6.04. The first kappa shape index (κ1) is 17.4. The number of carbonyl (C=O) groups is 1. The first-order valence-corrected chi connectivity index (χ1v) is 9.76. The number of carbonyl (C=O) groups excluding carboxylic acids is 1. The Hall–Kier alpha value is -3.67. The number of anilines is 1. The Morgan fingerprint density at radius 3 is 2.48 bits per heavy atom. The van der Waals surface area contributed by atoms with Gasteiger partial charge < -0.3 is 9.88 Å². The van der Waals surface area contributed by atoms with E-state index in [9.17, 15) is 4.79 Å². The minimum Gasteiger partial charge on any atom is -0.321 e. The maximum Gasteiger partial charge on any atom is 0.276 e. The van der Waals surface area contributed by atoms with Crippen LogP contribution in [0.3, 0.4) is 0 Å². The van der Waals surface area contributed by atoms with Crippen LogP contribution in [0, 0.1) is 6.92 Å². The number of nitrogens with one attached hydrogen (secondary N) is 1. The van der Waals surface area contributed by atoms with E-state index in [-0.39, 0.29) is 5.91 Å². The summed E-state index contributed by atoms with van der Waals surface area (Å²) < 4.78 is 3.85. The molecule has 0 fully saturated rings. The molecule has 29 heavy (non-hydrogen) atoms. The van der Waals surface area contributed by atoms with Crippen LogP contribution in [0.5, 0.6) is 0 Å². The van der Waals surface area contributed by atoms with Crippen LogP contribution in [-0.2, 0) is 12.8 Å². The van der Waals surface area contributed by atoms with E-state index in [2.05, 4.69) is 46.6 Å². The van der Waals surface area contributed by atoms with Crippen molar-refractivity contribution in [3.05, 3.63) is 89.8 Å². The molecule has 1 aliphatic carbocycles. The van der Waals surface area contributed by atoms with Crippen molar-refractivity contribution in [2.24, 2.45) is 0 Å². The van der Waals surface area contributed by atoms with E-state index in [1.54, 1.807) is 12.5 Å². The van der Waals surface area contributed by atoms with Crippen LogP contribution in [0.4, 0.5) is 5.69 Å². The summed E-state index contributed by atoms with van der Waals surface area (Å²) in [6, 6.07) is 15.9. The van der Waals surface area contributed by atoms with Gasteiger partial charge in [0.2, 0.25) is 0 Å². The molecule has 2 aromatic carbocycles. The van der Waals surface area contributed by atoms with E-state index >= 15 is 0 Å². The molecule has 6 heteroatoms. The van der Waals surface area contributed by atoms with Gasteiger partial charge in [-0.15, -0.1) is 0 Å². The van der Waals surface area contributed by atoms with Crippen molar-refractivity contribution >= 4 is 11.6 Å². The molecule has 2 heterocycles. The molecule has 5 rings (SSSR count). The molecule has 4 aromatic rings. The monoisotopic (exact) mass is 383 g/mol. The highest BCUT2D eigenvalue weighted by atomic mass is 16.2. The highest BCUT2D eigenvalue weighted by Crippen LogP contribution is 2.28. The summed E-state index contributed by atoms with van der Waals surface area (Å²) in [6.07, 6.45) is 8.26. The molecule has 2 aromatic heterocycles. The third-order valence-electron chi connectivity index (χ3n) is 5.35. The summed E-state index contributed by atoms with van der Waals surface area (Å²) in [5.41, 5.74) is 6.68. The number of aromatic nitrogens is 4. The largest absolute Gasteiger partial charge is 0.321 e. The first-order chi connectivity index (χ1) is 14.2. The van der Waals surface area contributed by atoms with Crippen molar-refractivity contribution < 1.29 is 4.79 Å². The van der Waals surface area contributed by atoms with Gasteiger partial charge in [0.25, 0.3) is 5.91 Å². The minimum absolute atomic E-state index is 0.163. The molecular weight excluding hydrogens is 362 g/mol. The summed E-state index contributed by atoms with van der Waals surface area (Å²) in [5.74, 6) is -0.163. The van der Waals surface area contributed by atoms with Crippen LogP contribution in [0.25, 0.3) is 11.4 Å². The van der Waals surface area contributed by atoms with Gasteiger partial charge in [0.1, 0.15) is 0 Å². The van der Waals surface area contributed by atoms with Crippen LogP contribution in [0.15, 0.2) is 67.3 Å². The number of benzene rings is 2. The Morgan fingerprint density at radius 1 is 1.00 bits per heavy atom. The number of hydrogen-bond donors (Lipinski definition) is 1. The SMILES string of the molecule is Cc1ccc(-n2nc(C(=O)Nc3ccc(-n4ccnc4)cc3)c3c2CCC3)cc1. The number of nitrogens with zero attached hydrogens (tertiary/aromatic N) is 4. The Balaban J connectivity index is 1.41. The topological polar surface area (TPSA) is 64.7 Å². The van der Waals surface area contributed by atoms with E-state index in [0.29, 0.717) is 5.69 Å². The maximum absolute atomic E-state index is 13.0. The molecule has 0 bridgehead atoms. The Labute approximate surface area is 168 Å². The fraction of sp³-hybridized carbons (Fsp3) is 0.174. The standard InChI is InChI=1S/C23H21N5O/c1-16-5-9-19(10-6-16)28-21-4-2-3-20(21)22(26-28)23(29)25-17-7-11-18(12-8-17)27-14-13-24-15-27/h5-15H,2-4H2,1H3,(H,25,29). The van der Waals surface area contributed by atoms with Gasteiger partial charge in [-0.3, -0.25) is 4.79 Å². The van der Waals surface area contributed by atoms with Crippen molar-refractivity contribution in [2.45, 2.75) is 26.2 Å². The molecule has 0 spiro atoms. The van der Waals surface area contributed by atoms with Gasteiger partial charge in [-0.1, -0.05) is 17.7 Å². The van der Waals surface area contributed by atoms with Crippen LogP contribution < -0.4 is 5.32 Å². The molecule has 0 atom stereocenters. The average molecular weight is 383 g/mol. The number of amides is 1. The number of rotatable bonds is 4. The summed E-state index contributed by atoms with van der Waals surface area (Å²) in [4.78, 5) is 17.0. The third kappa shape index (κ3) is 3.23. The summed E-state index contributed by atoms with van der Waals surface area (Å²) in [6.45, 7) is 2.06. The lowest BCUT2D eigenvalue weighted by molar-refractivity contribution is 0.102. The zero-order valence-electron chi connectivity index (χ0n) is 16.2. The first-order valence-electron chi connectivity index (χ1n) is 9.76. The fourth-order valence-electron chi connectivity index (χ4n) is 3.84. The molecule has 0 saturated heterocycles. The molecule has 144 valence electrons. The van der Waals surface area contributed by atoms with E-state index < -0.39 is 0 Å². The van der Waals surface area contributed by atoms with Gasteiger partial charge in [-0.25, -0.2) is 9.67 Å². The van der Waals surface area contributed by atoms with Gasteiger partial charge in [-0.05, 0) is 62.6 Å². The smallest absolute Gasteiger partial charge is 0.276 e. The second-order valence-corrected chi connectivity index (χ2v) is 7.35. The Morgan fingerprint density at radius 2 is 1.76 bits per heavy atom. The van der Waals surface area contributed by atoms with E-state index in [4.69, 9.17) is 0 Å². The van der Waals surface area contributed by atoms with Gasteiger partial charge in [0.15, 0.2) is 5.69 Å². The quantitative estimate of drug-likeness (QED) is 0.577. The van der Waals surface area contributed by atoms with Crippen LogP contribution in [-0.4, -0.2) is 25.2 Å². The van der Waals surface area contributed by atoms with Gasteiger partial charge in [0.05, 0.1) is 12.0 Å². The highest BCUT2D eigenvalue weighted by Gasteiger charge is 2.27. The summed E-state index contributed by atoms with van der Waals surface area (Å²) >= 11 is 0. The predicted molar refractivity (Wildman–Crippen MR) is 112 cm³/mol. The lowest BCUT2D eigenvalue weighted by Crippen LogP contribution is -2.15. The van der Waals surface area contributed by atoms with E-state index in [0.717, 1.165) is 47.6 Å².